The van der Waals surface area contributed by atoms with Gasteiger partial charge in [0.1, 0.15) is 5.82 Å². The van der Waals surface area contributed by atoms with E-state index in [0.717, 1.165) is 17.5 Å². The average molecular weight is 255 g/mol. The molecule has 1 aliphatic rings. The van der Waals surface area contributed by atoms with E-state index < -0.39 is 0 Å². The van der Waals surface area contributed by atoms with Gasteiger partial charge >= 0.3 is 0 Å². The first-order valence-corrected chi connectivity index (χ1v) is 6.72. The van der Waals surface area contributed by atoms with Crippen molar-refractivity contribution >= 4 is 0 Å². The van der Waals surface area contributed by atoms with Crippen molar-refractivity contribution in [3.05, 3.63) is 70.5 Å². The smallest absolute Gasteiger partial charge is 0.128 e. The highest BCUT2D eigenvalue weighted by atomic mass is 19.1. The van der Waals surface area contributed by atoms with E-state index >= 15 is 0 Å². The fraction of sp³-hybridized carbons (Fsp3) is 0.294. The first-order chi connectivity index (χ1) is 9.20. The molecule has 0 saturated heterocycles. The van der Waals surface area contributed by atoms with E-state index in [-0.39, 0.29) is 11.9 Å². The van der Waals surface area contributed by atoms with Gasteiger partial charge in [0.2, 0.25) is 0 Å². The molecule has 1 nitrogen and oxygen atoms in total. The van der Waals surface area contributed by atoms with Gasteiger partial charge in [0.25, 0.3) is 0 Å². The van der Waals surface area contributed by atoms with Crippen LogP contribution in [0.15, 0.2) is 42.5 Å². The zero-order valence-electron chi connectivity index (χ0n) is 11.3. The van der Waals surface area contributed by atoms with Gasteiger partial charge < -0.3 is 5.32 Å². The molecule has 98 valence electrons. The number of halogens is 1. The van der Waals surface area contributed by atoms with Crippen molar-refractivity contribution in [1.29, 1.82) is 0 Å². The Morgan fingerprint density at radius 2 is 2.00 bits per heavy atom. The maximum absolute atomic E-state index is 14.1. The Balaban J connectivity index is 1.97. The van der Waals surface area contributed by atoms with E-state index in [0.29, 0.717) is 5.92 Å². The number of likely N-dealkylation sites (N-methyl/N-ethyl adjacent to an activating group) is 1. The van der Waals surface area contributed by atoms with E-state index in [1.165, 1.54) is 11.1 Å². The lowest BCUT2D eigenvalue weighted by Gasteiger charge is -2.37. The molecule has 2 aromatic carbocycles. The second kappa shape index (κ2) is 4.78. The summed E-state index contributed by atoms with van der Waals surface area (Å²) in [7, 11) is 1.91. The van der Waals surface area contributed by atoms with Gasteiger partial charge in [0.15, 0.2) is 0 Å². The van der Waals surface area contributed by atoms with Crippen LogP contribution in [0.1, 0.15) is 34.2 Å². The minimum Gasteiger partial charge on any atom is -0.312 e. The number of fused-ring (bicyclic) bond motifs is 1. The Labute approximate surface area is 113 Å². The Morgan fingerprint density at radius 1 is 1.21 bits per heavy atom. The van der Waals surface area contributed by atoms with Crippen molar-refractivity contribution in [3.63, 3.8) is 0 Å². The van der Waals surface area contributed by atoms with E-state index in [4.69, 9.17) is 0 Å². The van der Waals surface area contributed by atoms with Crippen LogP contribution in [-0.4, -0.2) is 7.05 Å². The normalized spacial score (nSPS) is 18.6. The van der Waals surface area contributed by atoms with Crippen molar-refractivity contribution in [2.45, 2.75) is 25.3 Å². The first-order valence-electron chi connectivity index (χ1n) is 6.72. The van der Waals surface area contributed by atoms with Crippen molar-refractivity contribution < 1.29 is 4.39 Å². The average Bonchev–Trinajstić information content (AvgIpc) is 2.39. The summed E-state index contributed by atoms with van der Waals surface area (Å²) in [4.78, 5) is 0. The molecule has 0 amide bonds. The summed E-state index contributed by atoms with van der Waals surface area (Å²) in [6.45, 7) is 2.00. The summed E-state index contributed by atoms with van der Waals surface area (Å²) in [5, 5.41) is 3.29. The first kappa shape index (κ1) is 12.4. The number of benzene rings is 2. The summed E-state index contributed by atoms with van der Waals surface area (Å²) in [6, 6.07) is 13.8. The third kappa shape index (κ3) is 2.06. The zero-order chi connectivity index (χ0) is 13.4. The zero-order valence-corrected chi connectivity index (χ0v) is 11.3. The minimum atomic E-state index is -0.116. The molecule has 0 fully saturated rings. The summed E-state index contributed by atoms with van der Waals surface area (Å²) in [5.74, 6) is 0.256. The van der Waals surface area contributed by atoms with Crippen LogP contribution in [0, 0.1) is 12.7 Å². The van der Waals surface area contributed by atoms with Crippen molar-refractivity contribution in [2.24, 2.45) is 0 Å². The van der Waals surface area contributed by atoms with E-state index in [9.17, 15) is 4.39 Å². The molecule has 0 aromatic heterocycles. The highest BCUT2D eigenvalue weighted by molar-refractivity contribution is 5.43. The quantitative estimate of drug-likeness (QED) is 0.881. The van der Waals surface area contributed by atoms with Crippen molar-refractivity contribution in [2.75, 3.05) is 7.05 Å². The van der Waals surface area contributed by atoms with Gasteiger partial charge in [-0.25, -0.2) is 4.39 Å². The summed E-state index contributed by atoms with van der Waals surface area (Å²) in [6.07, 6.45) is 1.02. The maximum atomic E-state index is 14.1. The molecule has 2 aromatic rings. The van der Waals surface area contributed by atoms with Crippen LogP contribution in [0.2, 0.25) is 0 Å². The second-order valence-corrected chi connectivity index (χ2v) is 5.30. The predicted molar refractivity (Wildman–Crippen MR) is 75.8 cm³/mol. The van der Waals surface area contributed by atoms with E-state index in [1.807, 2.05) is 26.1 Å². The summed E-state index contributed by atoms with van der Waals surface area (Å²) in [5.41, 5.74) is 4.62. The largest absolute Gasteiger partial charge is 0.312 e. The SMILES string of the molecule is CNC(c1cc(C)ccc1F)C1Cc2ccccc21. The van der Waals surface area contributed by atoms with Crippen LogP contribution in [0.25, 0.3) is 0 Å². The van der Waals surface area contributed by atoms with Crippen LogP contribution in [0.3, 0.4) is 0 Å². The minimum absolute atomic E-state index is 0.0507. The molecule has 2 atom stereocenters. The van der Waals surface area contributed by atoms with Gasteiger partial charge in [-0.3, -0.25) is 0 Å². The number of hydrogen-bond acceptors (Lipinski definition) is 1. The van der Waals surface area contributed by atoms with Crippen LogP contribution >= 0.6 is 0 Å². The Hall–Kier alpha value is -1.67. The van der Waals surface area contributed by atoms with Gasteiger partial charge in [-0.1, -0.05) is 42.0 Å². The molecule has 0 spiro atoms. The molecular weight excluding hydrogens is 237 g/mol. The lowest BCUT2D eigenvalue weighted by molar-refractivity contribution is 0.422. The van der Waals surface area contributed by atoms with Gasteiger partial charge in [0.05, 0.1) is 0 Å². The van der Waals surface area contributed by atoms with E-state index in [1.54, 1.807) is 6.07 Å². The number of nitrogens with one attached hydrogen (secondary N) is 1. The molecule has 19 heavy (non-hydrogen) atoms. The highest BCUT2D eigenvalue weighted by Gasteiger charge is 2.33. The van der Waals surface area contributed by atoms with Crippen LogP contribution in [0.4, 0.5) is 4.39 Å². The summed E-state index contributed by atoms with van der Waals surface area (Å²) < 4.78 is 14.1. The van der Waals surface area contributed by atoms with Crippen LogP contribution < -0.4 is 5.32 Å². The molecule has 3 rings (SSSR count). The molecule has 2 unspecified atom stereocenters. The van der Waals surface area contributed by atoms with Crippen molar-refractivity contribution in [1.82, 2.24) is 5.32 Å². The Kier molecular flexibility index (Phi) is 3.11. The fourth-order valence-corrected chi connectivity index (χ4v) is 3.07. The number of aryl methyl sites for hydroxylation is 1. The van der Waals surface area contributed by atoms with Crippen molar-refractivity contribution in [3.8, 4) is 0 Å². The van der Waals surface area contributed by atoms with Crippen LogP contribution in [0.5, 0.6) is 0 Å². The maximum Gasteiger partial charge on any atom is 0.128 e. The molecule has 0 radical (unpaired) electrons. The molecule has 0 saturated carbocycles. The molecular formula is C17H18FN. The number of rotatable bonds is 3. The fourth-order valence-electron chi connectivity index (χ4n) is 3.07. The monoisotopic (exact) mass is 255 g/mol. The molecule has 1 aliphatic carbocycles. The van der Waals surface area contributed by atoms with Gasteiger partial charge in [-0.2, -0.15) is 0 Å². The standard InChI is InChI=1S/C17H18FN/c1-11-7-8-16(18)15(9-11)17(19-2)14-10-12-5-3-4-6-13(12)14/h3-9,14,17,19H,10H2,1-2H3. The molecule has 0 heterocycles. The Morgan fingerprint density at radius 3 is 2.74 bits per heavy atom. The summed E-state index contributed by atoms with van der Waals surface area (Å²) >= 11 is 0. The lowest BCUT2D eigenvalue weighted by Crippen LogP contribution is -2.32. The third-order valence-corrected chi connectivity index (χ3v) is 4.09. The van der Waals surface area contributed by atoms with Gasteiger partial charge in [-0.05, 0) is 37.6 Å². The second-order valence-electron chi connectivity index (χ2n) is 5.30. The third-order valence-electron chi connectivity index (χ3n) is 4.09. The lowest BCUT2D eigenvalue weighted by atomic mass is 9.71. The Bertz CT molecular complexity index is 606. The van der Waals surface area contributed by atoms with Crippen LogP contribution in [-0.2, 0) is 6.42 Å². The molecule has 0 aliphatic heterocycles. The van der Waals surface area contributed by atoms with Gasteiger partial charge in [-0.15, -0.1) is 0 Å². The topological polar surface area (TPSA) is 12.0 Å². The van der Waals surface area contributed by atoms with Gasteiger partial charge in [0, 0.05) is 17.5 Å². The highest BCUT2D eigenvalue weighted by Crippen LogP contribution is 2.43. The van der Waals surface area contributed by atoms with E-state index in [2.05, 4.69) is 29.6 Å². The predicted octanol–water partition coefficient (Wildman–Crippen LogP) is 3.73. The molecule has 2 heteroatoms. The molecule has 1 N–H and O–H groups in total. The number of hydrogen-bond donors (Lipinski definition) is 1. The molecule has 0 bridgehead atoms.